The van der Waals surface area contributed by atoms with Crippen LogP contribution in [0.3, 0.4) is 0 Å². The Morgan fingerprint density at radius 2 is 2.44 bits per heavy atom. The zero-order chi connectivity index (χ0) is 6.69. The predicted molar refractivity (Wildman–Crippen MR) is 39.4 cm³/mol. The number of rotatable bonds is 1. The second-order valence-electron chi connectivity index (χ2n) is 2.38. The molecule has 0 radical (unpaired) electrons. The van der Waals surface area contributed by atoms with Crippen LogP contribution < -0.4 is 5.73 Å². The van der Waals surface area contributed by atoms with E-state index in [1.54, 1.807) is 0 Å². The first-order valence-electron chi connectivity index (χ1n) is 3.26. The molecule has 3 heteroatoms. The number of alkyl halides is 1. The number of thioether (sulfide) groups is 1. The summed E-state index contributed by atoms with van der Waals surface area (Å²) in [6.07, 6.45) is 0.0725. The normalized spacial score (nSPS) is 36.7. The second kappa shape index (κ2) is 3.42. The molecule has 0 aromatic heterocycles. The summed E-state index contributed by atoms with van der Waals surface area (Å²) < 4.78 is 12.8. The molecule has 2 unspecified atom stereocenters. The van der Waals surface area contributed by atoms with Gasteiger partial charge in [0, 0.05) is 11.7 Å². The van der Waals surface area contributed by atoms with Gasteiger partial charge in [-0.15, -0.1) is 0 Å². The molecule has 0 aromatic rings. The van der Waals surface area contributed by atoms with Crippen LogP contribution in [0.25, 0.3) is 0 Å². The van der Waals surface area contributed by atoms with E-state index in [2.05, 4.69) is 0 Å². The van der Waals surface area contributed by atoms with Gasteiger partial charge in [-0.2, -0.15) is 11.8 Å². The Morgan fingerprint density at radius 3 is 2.89 bits per heavy atom. The molecule has 0 spiro atoms. The van der Waals surface area contributed by atoms with Crippen LogP contribution in [0.1, 0.15) is 6.42 Å². The smallest absolute Gasteiger partial charge is 0.106 e. The molecule has 2 atom stereocenters. The Balaban J connectivity index is 2.30. The van der Waals surface area contributed by atoms with Gasteiger partial charge >= 0.3 is 0 Å². The fourth-order valence-electron chi connectivity index (χ4n) is 0.986. The molecule has 9 heavy (non-hydrogen) atoms. The molecule has 1 fully saturated rings. The lowest BCUT2D eigenvalue weighted by Gasteiger charge is -2.23. The van der Waals surface area contributed by atoms with Gasteiger partial charge in [-0.3, -0.25) is 0 Å². The monoisotopic (exact) mass is 149 g/mol. The van der Waals surface area contributed by atoms with E-state index in [1.807, 2.05) is 11.8 Å². The van der Waals surface area contributed by atoms with E-state index < -0.39 is 6.17 Å². The molecule has 0 bridgehead atoms. The van der Waals surface area contributed by atoms with E-state index in [-0.39, 0.29) is 5.92 Å². The molecule has 2 N–H and O–H groups in total. The Labute approximate surface area is 59.2 Å². The molecule has 0 aromatic carbocycles. The first kappa shape index (κ1) is 7.35. The number of hydrogen-bond acceptors (Lipinski definition) is 2. The summed E-state index contributed by atoms with van der Waals surface area (Å²) in [6, 6.07) is 0. The highest BCUT2D eigenvalue weighted by Gasteiger charge is 2.23. The van der Waals surface area contributed by atoms with Crippen molar-refractivity contribution in [2.45, 2.75) is 12.6 Å². The summed E-state index contributed by atoms with van der Waals surface area (Å²) >= 11 is 1.81. The first-order chi connectivity index (χ1) is 4.34. The Bertz CT molecular complexity index is 89.1. The Kier molecular flexibility index (Phi) is 2.79. The summed E-state index contributed by atoms with van der Waals surface area (Å²) in [5.41, 5.74) is 5.34. The summed E-state index contributed by atoms with van der Waals surface area (Å²) in [6.45, 7) is 0.508. The SMILES string of the molecule is NCC1CSCCC1F. The van der Waals surface area contributed by atoms with Crippen molar-refractivity contribution in [2.24, 2.45) is 11.7 Å². The minimum Gasteiger partial charge on any atom is -0.330 e. The van der Waals surface area contributed by atoms with Crippen molar-refractivity contribution >= 4 is 11.8 Å². The van der Waals surface area contributed by atoms with E-state index in [4.69, 9.17) is 5.73 Å². The molecule has 54 valence electrons. The largest absolute Gasteiger partial charge is 0.330 e. The molecule has 1 rings (SSSR count). The maximum atomic E-state index is 12.8. The van der Waals surface area contributed by atoms with Crippen LogP contribution in [0, 0.1) is 5.92 Å². The van der Waals surface area contributed by atoms with Crippen LogP contribution >= 0.6 is 11.8 Å². The van der Waals surface area contributed by atoms with E-state index in [9.17, 15) is 4.39 Å². The lowest BCUT2D eigenvalue weighted by Crippen LogP contribution is -2.30. The molecule has 0 aliphatic carbocycles. The van der Waals surface area contributed by atoms with Crippen molar-refractivity contribution in [1.82, 2.24) is 0 Å². The second-order valence-corrected chi connectivity index (χ2v) is 3.53. The lowest BCUT2D eigenvalue weighted by molar-refractivity contribution is 0.238. The molecular formula is C6H12FNS. The average molecular weight is 149 g/mol. The van der Waals surface area contributed by atoms with E-state index in [1.165, 1.54) is 0 Å². The third kappa shape index (κ3) is 1.83. The number of nitrogens with two attached hydrogens (primary N) is 1. The van der Waals surface area contributed by atoms with E-state index in [0.717, 1.165) is 11.5 Å². The van der Waals surface area contributed by atoms with Crippen LogP contribution in [-0.2, 0) is 0 Å². The van der Waals surface area contributed by atoms with Crippen molar-refractivity contribution in [3.63, 3.8) is 0 Å². The minimum atomic E-state index is -0.628. The van der Waals surface area contributed by atoms with Gasteiger partial charge < -0.3 is 5.73 Å². The predicted octanol–water partition coefficient (Wildman–Crippen LogP) is 1.04. The molecule has 0 amide bonds. The fourth-order valence-corrected chi connectivity index (χ4v) is 2.19. The fraction of sp³-hybridized carbons (Fsp3) is 1.00. The van der Waals surface area contributed by atoms with E-state index in [0.29, 0.717) is 13.0 Å². The molecule has 1 heterocycles. The van der Waals surface area contributed by atoms with Gasteiger partial charge in [-0.1, -0.05) is 0 Å². The van der Waals surface area contributed by atoms with Gasteiger partial charge in [-0.25, -0.2) is 4.39 Å². The minimum absolute atomic E-state index is 0.128. The van der Waals surface area contributed by atoms with Gasteiger partial charge in [0.15, 0.2) is 0 Å². The lowest BCUT2D eigenvalue weighted by atomic mass is 10.0. The number of halogens is 1. The summed E-state index contributed by atoms with van der Waals surface area (Å²) in [7, 11) is 0. The molecule has 1 saturated heterocycles. The van der Waals surface area contributed by atoms with Gasteiger partial charge in [-0.05, 0) is 18.7 Å². The van der Waals surface area contributed by atoms with Gasteiger partial charge in [0.2, 0.25) is 0 Å². The zero-order valence-corrected chi connectivity index (χ0v) is 6.16. The average Bonchev–Trinajstić information content (AvgIpc) is 1.89. The maximum Gasteiger partial charge on any atom is 0.106 e. The molecule has 0 saturated carbocycles. The Morgan fingerprint density at radius 1 is 1.67 bits per heavy atom. The van der Waals surface area contributed by atoms with Crippen molar-refractivity contribution in [2.75, 3.05) is 18.1 Å². The van der Waals surface area contributed by atoms with Crippen molar-refractivity contribution in [3.05, 3.63) is 0 Å². The highest BCUT2D eigenvalue weighted by molar-refractivity contribution is 7.99. The standard InChI is InChI=1S/C6H12FNS/c7-6-1-2-9-4-5(6)3-8/h5-6H,1-4,8H2. The maximum absolute atomic E-state index is 12.8. The Hall–Kier alpha value is 0.240. The van der Waals surface area contributed by atoms with Gasteiger partial charge in [0.1, 0.15) is 6.17 Å². The van der Waals surface area contributed by atoms with E-state index >= 15 is 0 Å². The topological polar surface area (TPSA) is 26.0 Å². The highest BCUT2D eigenvalue weighted by Crippen LogP contribution is 2.24. The van der Waals surface area contributed by atoms with Gasteiger partial charge in [0.05, 0.1) is 0 Å². The van der Waals surface area contributed by atoms with Crippen LogP contribution in [0.15, 0.2) is 0 Å². The summed E-state index contributed by atoms with van der Waals surface area (Å²) in [5.74, 6) is 2.01. The molecule has 1 aliphatic rings. The quantitative estimate of drug-likeness (QED) is 0.602. The van der Waals surface area contributed by atoms with Crippen LogP contribution in [0.5, 0.6) is 0 Å². The molecule has 1 nitrogen and oxygen atoms in total. The third-order valence-corrected chi connectivity index (χ3v) is 2.87. The van der Waals surface area contributed by atoms with Crippen molar-refractivity contribution < 1.29 is 4.39 Å². The first-order valence-corrected chi connectivity index (χ1v) is 4.42. The van der Waals surface area contributed by atoms with Gasteiger partial charge in [0.25, 0.3) is 0 Å². The van der Waals surface area contributed by atoms with Crippen LogP contribution in [0.4, 0.5) is 4.39 Å². The summed E-state index contributed by atoms with van der Waals surface area (Å²) in [5, 5.41) is 0. The van der Waals surface area contributed by atoms with Crippen molar-refractivity contribution in [1.29, 1.82) is 0 Å². The van der Waals surface area contributed by atoms with Crippen LogP contribution in [0.2, 0.25) is 0 Å². The highest BCUT2D eigenvalue weighted by atomic mass is 32.2. The third-order valence-electron chi connectivity index (χ3n) is 1.68. The molecule has 1 aliphatic heterocycles. The zero-order valence-electron chi connectivity index (χ0n) is 5.35. The number of hydrogen-bond donors (Lipinski definition) is 1. The van der Waals surface area contributed by atoms with Crippen molar-refractivity contribution in [3.8, 4) is 0 Å². The summed E-state index contributed by atoms with van der Waals surface area (Å²) in [4.78, 5) is 0. The van der Waals surface area contributed by atoms with Crippen LogP contribution in [-0.4, -0.2) is 24.2 Å². The molecular weight excluding hydrogens is 137 g/mol.